The van der Waals surface area contributed by atoms with E-state index in [1.54, 1.807) is 0 Å². The topological polar surface area (TPSA) is 36.9 Å². The number of nitrogens with one attached hydrogen (secondary N) is 1. The fourth-order valence-electron chi connectivity index (χ4n) is 3.81. The minimum Gasteiger partial charge on any atom is -0.329 e. The molecule has 0 bridgehead atoms. The SMILES string of the molecule is Cc1ccnc2c1[nH]c(=S)n2C1CCN2CCCC12. The third kappa shape index (κ3) is 1.61. The predicted molar refractivity (Wildman–Crippen MR) is 77.9 cm³/mol. The van der Waals surface area contributed by atoms with E-state index in [0.29, 0.717) is 12.1 Å². The Bertz CT molecular complexity index is 686. The lowest BCUT2D eigenvalue weighted by Gasteiger charge is -2.21. The van der Waals surface area contributed by atoms with Crippen molar-refractivity contribution < 1.29 is 0 Å². The number of fused-ring (bicyclic) bond motifs is 2. The molecular formula is C14H18N4S. The first-order valence-electron chi connectivity index (χ1n) is 7.05. The van der Waals surface area contributed by atoms with E-state index in [4.69, 9.17) is 12.2 Å². The molecule has 100 valence electrons. The van der Waals surface area contributed by atoms with Gasteiger partial charge in [-0.2, -0.15) is 0 Å². The average molecular weight is 274 g/mol. The first-order chi connectivity index (χ1) is 9.25. The number of H-pyrrole nitrogens is 1. The van der Waals surface area contributed by atoms with Crippen LogP contribution in [0, 0.1) is 11.7 Å². The van der Waals surface area contributed by atoms with Crippen molar-refractivity contribution >= 4 is 23.4 Å². The molecule has 2 fully saturated rings. The summed E-state index contributed by atoms with van der Waals surface area (Å²) in [6.07, 6.45) is 5.70. The fraction of sp³-hybridized carbons (Fsp3) is 0.571. The van der Waals surface area contributed by atoms with E-state index in [0.717, 1.165) is 15.9 Å². The van der Waals surface area contributed by atoms with Gasteiger partial charge in [-0.1, -0.05) is 0 Å². The molecule has 19 heavy (non-hydrogen) atoms. The second-order valence-electron chi connectivity index (χ2n) is 5.73. The third-order valence-corrected chi connectivity index (χ3v) is 5.02. The lowest BCUT2D eigenvalue weighted by molar-refractivity contribution is 0.291. The maximum absolute atomic E-state index is 5.56. The van der Waals surface area contributed by atoms with E-state index >= 15 is 0 Å². The molecule has 2 aromatic rings. The van der Waals surface area contributed by atoms with Crippen LogP contribution in [0.4, 0.5) is 0 Å². The molecule has 2 aromatic heterocycles. The normalized spacial score (nSPS) is 27.2. The molecule has 2 saturated heterocycles. The van der Waals surface area contributed by atoms with E-state index in [-0.39, 0.29) is 0 Å². The maximum Gasteiger partial charge on any atom is 0.179 e. The molecule has 0 aliphatic carbocycles. The molecule has 4 heterocycles. The molecule has 0 saturated carbocycles. The number of aryl methyl sites for hydroxylation is 1. The van der Waals surface area contributed by atoms with Crippen molar-refractivity contribution in [1.82, 2.24) is 19.4 Å². The Hall–Kier alpha value is -1.20. The van der Waals surface area contributed by atoms with E-state index in [1.807, 2.05) is 12.3 Å². The van der Waals surface area contributed by atoms with Crippen molar-refractivity contribution in [2.24, 2.45) is 0 Å². The van der Waals surface area contributed by atoms with Gasteiger partial charge in [0.15, 0.2) is 10.4 Å². The Morgan fingerprint density at radius 1 is 1.32 bits per heavy atom. The van der Waals surface area contributed by atoms with Crippen LogP contribution < -0.4 is 0 Å². The number of pyridine rings is 1. The lowest BCUT2D eigenvalue weighted by atomic mass is 10.1. The highest BCUT2D eigenvalue weighted by Gasteiger charge is 2.39. The van der Waals surface area contributed by atoms with E-state index in [2.05, 4.69) is 26.4 Å². The first-order valence-corrected chi connectivity index (χ1v) is 7.46. The molecule has 2 aliphatic heterocycles. The van der Waals surface area contributed by atoms with Gasteiger partial charge in [0.2, 0.25) is 0 Å². The van der Waals surface area contributed by atoms with Gasteiger partial charge in [-0.25, -0.2) is 4.98 Å². The van der Waals surface area contributed by atoms with Crippen molar-refractivity contribution in [2.75, 3.05) is 13.1 Å². The molecular weight excluding hydrogens is 256 g/mol. The monoisotopic (exact) mass is 274 g/mol. The van der Waals surface area contributed by atoms with Crippen LogP contribution in [0.15, 0.2) is 12.3 Å². The fourth-order valence-corrected chi connectivity index (χ4v) is 4.13. The minimum absolute atomic E-state index is 0.498. The standard InChI is InChI=1S/C14H18N4S/c1-9-4-6-15-13-12(9)16-14(19)18(13)11-5-8-17-7-2-3-10(11)17/h4,6,10-11H,2-3,5,7-8H2,1H3,(H,16,19). The van der Waals surface area contributed by atoms with Crippen LogP contribution in [-0.4, -0.2) is 38.6 Å². The number of hydrogen-bond donors (Lipinski definition) is 1. The van der Waals surface area contributed by atoms with Gasteiger partial charge in [0.1, 0.15) is 0 Å². The molecule has 2 unspecified atom stereocenters. The molecule has 0 amide bonds. The zero-order valence-corrected chi connectivity index (χ0v) is 11.9. The molecule has 0 aromatic carbocycles. The van der Waals surface area contributed by atoms with E-state index < -0.39 is 0 Å². The number of nitrogens with zero attached hydrogens (tertiary/aromatic N) is 3. The number of aromatic nitrogens is 3. The Labute approximate surface area is 117 Å². The molecule has 0 radical (unpaired) electrons. The van der Waals surface area contributed by atoms with Gasteiger partial charge >= 0.3 is 0 Å². The van der Waals surface area contributed by atoms with Crippen molar-refractivity contribution in [3.05, 3.63) is 22.6 Å². The Kier molecular flexibility index (Phi) is 2.53. The maximum atomic E-state index is 5.56. The molecule has 2 atom stereocenters. The first kappa shape index (κ1) is 11.6. The average Bonchev–Trinajstić information content (AvgIpc) is 3.03. The van der Waals surface area contributed by atoms with Crippen LogP contribution in [0.25, 0.3) is 11.2 Å². The van der Waals surface area contributed by atoms with Crippen LogP contribution in [0.1, 0.15) is 30.9 Å². The highest BCUT2D eigenvalue weighted by Crippen LogP contribution is 2.37. The quantitative estimate of drug-likeness (QED) is 0.812. The zero-order chi connectivity index (χ0) is 13.0. The summed E-state index contributed by atoms with van der Waals surface area (Å²) in [7, 11) is 0. The van der Waals surface area contributed by atoms with Gasteiger partial charge in [0.25, 0.3) is 0 Å². The molecule has 5 heteroatoms. The third-order valence-electron chi connectivity index (χ3n) is 4.72. The number of rotatable bonds is 1. The van der Waals surface area contributed by atoms with Crippen LogP contribution >= 0.6 is 12.2 Å². The van der Waals surface area contributed by atoms with Gasteiger partial charge in [0.05, 0.1) is 11.6 Å². The molecule has 2 aliphatic rings. The van der Waals surface area contributed by atoms with Gasteiger partial charge in [-0.15, -0.1) is 0 Å². The van der Waals surface area contributed by atoms with Crippen molar-refractivity contribution in [3.8, 4) is 0 Å². The largest absolute Gasteiger partial charge is 0.329 e. The zero-order valence-electron chi connectivity index (χ0n) is 11.1. The minimum atomic E-state index is 0.498. The summed E-state index contributed by atoms with van der Waals surface area (Å²) in [6.45, 7) is 4.56. The Morgan fingerprint density at radius 2 is 2.21 bits per heavy atom. The summed E-state index contributed by atoms with van der Waals surface area (Å²) in [5.74, 6) is 0. The van der Waals surface area contributed by atoms with Gasteiger partial charge in [-0.05, 0) is 56.6 Å². The van der Waals surface area contributed by atoms with Crippen molar-refractivity contribution in [2.45, 2.75) is 38.3 Å². The summed E-state index contributed by atoms with van der Waals surface area (Å²) >= 11 is 5.56. The van der Waals surface area contributed by atoms with Gasteiger partial charge in [0, 0.05) is 18.8 Å². The Balaban J connectivity index is 1.89. The number of aromatic amines is 1. The molecule has 4 nitrogen and oxygen atoms in total. The smallest absolute Gasteiger partial charge is 0.179 e. The van der Waals surface area contributed by atoms with E-state index in [1.165, 1.54) is 37.9 Å². The molecule has 4 rings (SSSR count). The Morgan fingerprint density at radius 3 is 3.11 bits per heavy atom. The second kappa shape index (κ2) is 4.15. The summed E-state index contributed by atoms with van der Waals surface area (Å²) in [5, 5.41) is 0. The predicted octanol–water partition coefficient (Wildman–Crippen LogP) is 2.81. The van der Waals surface area contributed by atoms with Crippen molar-refractivity contribution in [1.29, 1.82) is 0 Å². The van der Waals surface area contributed by atoms with E-state index in [9.17, 15) is 0 Å². The summed E-state index contributed by atoms with van der Waals surface area (Å²) in [5.41, 5.74) is 3.35. The summed E-state index contributed by atoms with van der Waals surface area (Å²) in [6, 6.07) is 3.19. The van der Waals surface area contributed by atoms with Gasteiger partial charge in [-0.3, -0.25) is 9.47 Å². The van der Waals surface area contributed by atoms with Crippen LogP contribution in [0.3, 0.4) is 0 Å². The number of hydrogen-bond acceptors (Lipinski definition) is 3. The van der Waals surface area contributed by atoms with Crippen LogP contribution in [0.5, 0.6) is 0 Å². The molecule has 1 N–H and O–H groups in total. The van der Waals surface area contributed by atoms with Crippen LogP contribution in [0.2, 0.25) is 0 Å². The van der Waals surface area contributed by atoms with Crippen molar-refractivity contribution in [3.63, 3.8) is 0 Å². The lowest BCUT2D eigenvalue weighted by Crippen LogP contribution is -2.27. The van der Waals surface area contributed by atoms with Crippen LogP contribution in [-0.2, 0) is 0 Å². The number of imidazole rings is 1. The summed E-state index contributed by atoms with van der Waals surface area (Å²) < 4.78 is 3.10. The van der Waals surface area contributed by atoms with Gasteiger partial charge < -0.3 is 4.98 Å². The second-order valence-corrected chi connectivity index (χ2v) is 6.11. The highest BCUT2D eigenvalue weighted by atomic mass is 32.1. The highest BCUT2D eigenvalue weighted by molar-refractivity contribution is 7.71. The molecule has 0 spiro atoms. The summed E-state index contributed by atoms with van der Waals surface area (Å²) in [4.78, 5) is 10.5.